The van der Waals surface area contributed by atoms with Gasteiger partial charge in [-0.15, -0.1) is 0 Å². The summed E-state index contributed by atoms with van der Waals surface area (Å²) in [7, 11) is 1.52. The summed E-state index contributed by atoms with van der Waals surface area (Å²) in [6.07, 6.45) is 2.82. The molecule has 0 fully saturated rings. The molecule has 0 bridgehead atoms. The Balaban J connectivity index is 1.88. The molecule has 6 heteroatoms. The van der Waals surface area contributed by atoms with Gasteiger partial charge in [-0.3, -0.25) is 5.41 Å². The maximum atomic E-state index is 12.0. The maximum absolute atomic E-state index is 12.0. The number of benzene rings is 3. The summed E-state index contributed by atoms with van der Waals surface area (Å²) in [5.74, 6) is -0.410. The van der Waals surface area contributed by atoms with Crippen molar-refractivity contribution in [3.8, 4) is 16.9 Å². The van der Waals surface area contributed by atoms with Crippen LogP contribution in [0.3, 0.4) is 0 Å². The Labute approximate surface area is 186 Å². The van der Waals surface area contributed by atoms with Crippen LogP contribution in [-0.4, -0.2) is 29.0 Å². The van der Waals surface area contributed by atoms with E-state index in [1.54, 1.807) is 12.1 Å². The Kier molecular flexibility index (Phi) is 5.69. The summed E-state index contributed by atoms with van der Waals surface area (Å²) in [6, 6.07) is 18.8. The van der Waals surface area contributed by atoms with Gasteiger partial charge in [-0.25, -0.2) is 4.79 Å². The summed E-state index contributed by atoms with van der Waals surface area (Å²) in [4.78, 5) is 15.3. The van der Waals surface area contributed by atoms with Gasteiger partial charge in [-0.2, -0.15) is 0 Å². The Morgan fingerprint density at radius 2 is 1.88 bits per heavy atom. The molecule has 4 aromatic rings. The van der Waals surface area contributed by atoms with E-state index in [4.69, 9.17) is 15.9 Å². The number of amidine groups is 1. The quantitative estimate of drug-likeness (QED) is 0.235. The molecule has 0 saturated heterocycles. The predicted molar refractivity (Wildman–Crippen MR) is 127 cm³/mol. The summed E-state index contributed by atoms with van der Waals surface area (Å²) < 4.78 is 5.24. The Morgan fingerprint density at radius 3 is 2.56 bits per heavy atom. The van der Waals surface area contributed by atoms with Crippen molar-refractivity contribution in [3.05, 3.63) is 89.1 Å². The Hall–Kier alpha value is -4.06. The highest BCUT2D eigenvalue weighted by Crippen LogP contribution is 2.40. The Morgan fingerprint density at radius 1 is 1.09 bits per heavy atom. The van der Waals surface area contributed by atoms with Crippen LogP contribution in [0.25, 0.3) is 22.0 Å². The Bertz CT molecular complexity index is 1320. The number of nitrogens with two attached hydrogens (primary N) is 1. The number of rotatable bonds is 7. The van der Waals surface area contributed by atoms with Crippen molar-refractivity contribution in [2.45, 2.75) is 19.3 Å². The van der Waals surface area contributed by atoms with Crippen molar-refractivity contribution in [1.29, 1.82) is 5.41 Å². The summed E-state index contributed by atoms with van der Waals surface area (Å²) >= 11 is 0. The van der Waals surface area contributed by atoms with Gasteiger partial charge in [-0.1, -0.05) is 43.3 Å². The van der Waals surface area contributed by atoms with Crippen LogP contribution in [0.4, 0.5) is 0 Å². The van der Waals surface area contributed by atoms with Crippen molar-refractivity contribution < 1.29 is 14.6 Å². The molecule has 1 aromatic heterocycles. The van der Waals surface area contributed by atoms with Crippen molar-refractivity contribution in [2.75, 3.05) is 7.11 Å². The average Bonchev–Trinajstić information content (AvgIpc) is 3.22. The molecule has 1 unspecified atom stereocenters. The molecule has 162 valence electrons. The number of aromatic amines is 1. The SMILES string of the molecule is CCC(c1ccccc1-c1ccc(OC)cc1C(=O)O)c1c[nH]c2cc(C(=N)N)ccc12. The number of methoxy groups -OCH3 is 1. The second-order valence-corrected chi connectivity index (χ2v) is 7.68. The van der Waals surface area contributed by atoms with E-state index < -0.39 is 5.97 Å². The lowest BCUT2D eigenvalue weighted by molar-refractivity contribution is 0.0697. The minimum Gasteiger partial charge on any atom is -0.497 e. The number of carboxylic acids is 1. The number of hydrogen-bond acceptors (Lipinski definition) is 3. The number of hydrogen-bond donors (Lipinski definition) is 4. The van der Waals surface area contributed by atoms with Crippen LogP contribution in [0.5, 0.6) is 5.75 Å². The largest absolute Gasteiger partial charge is 0.497 e. The molecule has 0 aliphatic heterocycles. The standard InChI is InChI=1S/C26H25N3O3/c1-3-17(23-14-29-24-12-15(25(27)28)8-10-21(23)24)18-6-4-5-7-19(18)20-11-9-16(32-2)13-22(20)26(30)31/h4-14,17,29H,3H2,1-2H3,(H3,27,28)(H,30,31). The molecular formula is C26H25N3O3. The molecule has 1 heterocycles. The van der Waals surface area contributed by atoms with Gasteiger partial charge in [0.15, 0.2) is 0 Å². The molecule has 0 radical (unpaired) electrons. The highest BCUT2D eigenvalue weighted by atomic mass is 16.5. The molecule has 1 atom stereocenters. The van der Waals surface area contributed by atoms with Gasteiger partial charge < -0.3 is 20.6 Å². The number of fused-ring (bicyclic) bond motifs is 1. The molecule has 0 saturated carbocycles. The van der Waals surface area contributed by atoms with Gasteiger partial charge in [0, 0.05) is 28.6 Å². The van der Waals surface area contributed by atoms with E-state index in [2.05, 4.69) is 18.0 Å². The van der Waals surface area contributed by atoms with Crippen molar-refractivity contribution in [2.24, 2.45) is 5.73 Å². The summed E-state index contributed by atoms with van der Waals surface area (Å²) in [5, 5.41) is 18.6. The van der Waals surface area contributed by atoms with E-state index in [1.807, 2.05) is 48.7 Å². The van der Waals surface area contributed by atoms with Crippen molar-refractivity contribution in [1.82, 2.24) is 4.98 Å². The third-order valence-corrected chi connectivity index (χ3v) is 5.89. The third-order valence-electron chi connectivity index (χ3n) is 5.89. The first-order chi connectivity index (χ1) is 15.4. The number of carboxylic acid groups (broad SMARTS) is 1. The fourth-order valence-electron chi connectivity index (χ4n) is 4.32. The predicted octanol–water partition coefficient (Wildman–Crippen LogP) is 5.37. The van der Waals surface area contributed by atoms with Crippen LogP contribution in [0, 0.1) is 5.41 Å². The van der Waals surface area contributed by atoms with E-state index >= 15 is 0 Å². The highest BCUT2D eigenvalue weighted by Gasteiger charge is 2.22. The first-order valence-corrected chi connectivity index (χ1v) is 10.4. The first kappa shape index (κ1) is 21.2. The fraction of sp³-hybridized carbons (Fsp3) is 0.154. The van der Waals surface area contributed by atoms with Gasteiger partial charge in [0.2, 0.25) is 0 Å². The molecule has 0 amide bonds. The monoisotopic (exact) mass is 427 g/mol. The van der Waals surface area contributed by atoms with Crippen LogP contribution >= 0.6 is 0 Å². The molecule has 4 rings (SSSR count). The molecular weight excluding hydrogens is 402 g/mol. The van der Waals surface area contributed by atoms with Crippen LogP contribution in [-0.2, 0) is 0 Å². The van der Waals surface area contributed by atoms with Gasteiger partial charge in [0.25, 0.3) is 0 Å². The minimum absolute atomic E-state index is 0.0288. The number of ether oxygens (including phenoxy) is 1. The first-order valence-electron chi connectivity index (χ1n) is 10.4. The third kappa shape index (κ3) is 3.71. The van der Waals surface area contributed by atoms with Gasteiger partial charge >= 0.3 is 5.97 Å². The van der Waals surface area contributed by atoms with Crippen LogP contribution in [0.2, 0.25) is 0 Å². The van der Waals surface area contributed by atoms with Crippen molar-refractivity contribution in [3.63, 3.8) is 0 Å². The lowest BCUT2D eigenvalue weighted by Crippen LogP contribution is -2.10. The van der Waals surface area contributed by atoms with E-state index in [9.17, 15) is 9.90 Å². The average molecular weight is 428 g/mol. The van der Waals surface area contributed by atoms with E-state index in [1.165, 1.54) is 7.11 Å². The molecule has 6 nitrogen and oxygen atoms in total. The topological polar surface area (TPSA) is 112 Å². The van der Waals surface area contributed by atoms with Crippen molar-refractivity contribution >= 4 is 22.7 Å². The van der Waals surface area contributed by atoms with E-state index in [0.717, 1.165) is 34.0 Å². The van der Waals surface area contributed by atoms with E-state index in [-0.39, 0.29) is 17.3 Å². The zero-order valence-corrected chi connectivity index (χ0v) is 18.0. The number of aromatic nitrogens is 1. The zero-order chi connectivity index (χ0) is 22.8. The number of nitrogens with one attached hydrogen (secondary N) is 2. The van der Waals surface area contributed by atoms with Gasteiger partial charge in [-0.05, 0) is 52.9 Å². The minimum atomic E-state index is -0.995. The van der Waals surface area contributed by atoms with E-state index in [0.29, 0.717) is 16.9 Å². The summed E-state index contributed by atoms with van der Waals surface area (Å²) in [5.41, 5.74) is 11.2. The van der Waals surface area contributed by atoms with Gasteiger partial charge in [0.05, 0.1) is 12.7 Å². The highest BCUT2D eigenvalue weighted by molar-refractivity contribution is 5.99. The number of aromatic carboxylic acids is 1. The molecule has 0 spiro atoms. The lowest BCUT2D eigenvalue weighted by atomic mass is 9.83. The number of H-pyrrole nitrogens is 1. The maximum Gasteiger partial charge on any atom is 0.336 e. The smallest absolute Gasteiger partial charge is 0.336 e. The molecule has 0 aliphatic rings. The number of nitrogen functional groups attached to an aromatic ring is 1. The zero-order valence-electron chi connectivity index (χ0n) is 18.0. The molecule has 32 heavy (non-hydrogen) atoms. The van der Waals surface area contributed by atoms with Gasteiger partial charge in [0.1, 0.15) is 11.6 Å². The van der Waals surface area contributed by atoms with Crippen LogP contribution in [0.1, 0.15) is 46.3 Å². The normalized spacial score (nSPS) is 11.9. The fourth-order valence-corrected chi connectivity index (χ4v) is 4.32. The molecule has 5 N–H and O–H groups in total. The van der Waals surface area contributed by atoms with Crippen LogP contribution < -0.4 is 10.5 Å². The lowest BCUT2D eigenvalue weighted by Gasteiger charge is -2.20. The molecule has 0 aliphatic carbocycles. The number of carbonyl (C=O) groups is 1. The second kappa shape index (κ2) is 8.59. The summed E-state index contributed by atoms with van der Waals surface area (Å²) in [6.45, 7) is 2.12. The molecule has 3 aromatic carbocycles. The second-order valence-electron chi connectivity index (χ2n) is 7.68. The van der Waals surface area contributed by atoms with Crippen LogP contribution in [0.15, 0.2) is 66.9 Å².